The highest BCUT2D eigenvalue weighted by Crippen LogP contribution is 2.42. The van der Waals surface area contributed by atoms with Crippen molar-refractivity contribution in [1.29, 1.82) is 0 Å². The number of rotatable bonds is 3. The van der Waals surface area contributed by atoms with Crippen LogP contribution in [-0.2, 0) is 0 Å². The number of nitrogen functional groups attached to an aromatic ring is 1. The van der Waals surface area contributed by atoms with Crippen molar-refractivity contribution in [1.82, 2.24) is 15.0 Å². The monoisotopic (exact) mass is 240 g/mol. The largest absolute Gasteiger partial charge is 0.368 e. The fourth-order valence-corrected chi connectivity index (χ4v) is 2.18. The molecule has 1 saturated carbocycles. The van der Waals surface area contributed by atoms with Crippen molar-refractivity contribution in [2.45, 2.75) is 25.7 Å². The van der Waals surface area contributed by atoms with Gasteiger partial charge in [-0.25, -0.2) is 9.97 Å². The minimum absolute atomic E-state index is 0.290. The van der Waals surface area contributed by atoms with Crippen LogP contribution in [0.3, 0.4) is 0 Å². The summed E-state index contributed by atoms with van der Waals surface area (Å²) in [6.07, 6.45) is 8.08. The summed E-state index contributed by atoms with van der Waals surface area (Å²) < 4.78 is 0. The summed E-state index contributed by atoms with van der Waals surface area (Å²) >= 11 is 0. The molecule has 18 heavy (non-hydrogen) atoms. The topological polar surface area (TPSA) is 64.7 Å². The van der Waals surface area contributed by atoms with Crippen molar-refractivity contribution in [2.75, 3.05) is 5.73 Å². The third-order valence-corrected chi connectivity index (χ3v) is 3.61. The molecular formula is C14H16N4. The summed E-state index contributed by atoms with van der Waals surface area (Å²) in [7, 11) is 0. The molecule has 0 aliphatic heterocycles. The van der Waals surface area contributed by atoms with Gasteiger partial charge in [0.25, 0.3) is 0 Å². The normalized spacial score (nSPS) is 16.5. The average molecular weight is 240 g/mol. The summed E-state index contributed by atoms with van der Waals surface area (Å²) in [5.74, 6) is 1.77. The van der Waals surface area contributed by atoms with E-state index >= 15 is 0 Å². The molecule has 0 aromatic carbocycles. The predicted octanol–water partition coefficient (Wildman–Crippen LogP) is 2.63. The van der Waals surface area contributed by atoms with E-state index in [4.69, 9.17) is 5.73 Å². The highest BCUT2D eigenvalue weighted by molar-refractivity contribution is 5.57. The summed E-state index contributed by atoms with van der Waals surface area (Å²) in [5.41, 5.74) is 8.57. The molecule has 4 heteroatoms. The Kier molecular flexibility index (Phi) is 2.70. The van der Waals surface area contributed by atoms with E-state index in [1.165, 1.54) is 18.4 Å². The van der Waals surface area contributed by atoms with E-state index in [1.807, 2.05) is 12.3 Å². The van der Waals surface area contributed by atoms with Gasteiger partial charge in [-0.15, -0.1) is 0 Å². The minimum Gasteiger partial charge on any atom is -0.368 e. The van der Waals surface area contributed by atoms with Crippen LogP contribution in [0.1, 0.15) is 31.2 Å². The summed E-state index contributed by atoms with van der Waals surface area (Å²) in [4.78, 5) is 12.4. The first-order valence-electron chi connectivity index (χ1n) is 6.28. The number of aromatic nitrogens is 3. The first-order chi connectivity index (χ1) is 8.74. The maximum atomic E-state index is 5.47. The molecule has 2 aromatic rings. The van der Waals surface area contributed by atoms with E-state index in [0.29, 0.717) is 5.92 Å². The SMILES string of the molecule is C[C@H](c1ccc(-c2cnc(N)nc2)nc1)C1CC1. The van der Waals surface area contributed by atoms with Crippen molar-refractivity contribution in [3.8, 4) is 11.3 Å². The Morgan fingerprint density at radius 3 is 2.39 bits per heavy atom. The zero-order chi connectivity index (χ0) is 12.5. The molecule has 1 atom stereocenters. The minimum atomic E-state index is 0.290. The van der Waals surface area contributed by atoms with E-state index in [9.17, 15) is 0 Å². The fourth-order valence-electron chi connectivity index (χ4n) is 2.18. The standard InChI is InChI=1S/C14H16N4/c1-9(10-2-3-10)11-4-5-13(16-6-11)12-7-17-14(15)18-8-12/h4-10H,2-3H2,1H3,(H2,15,17,18)/t9-/m0/s1. The zero-order valence-electron chi connectivity index (χ0n) is 10.4. The fraction of sp³-hybridized carbons (Fsp3) is 0.357. The molecule has 2 aromatic heterocycles. The van der Waals surface area contributed by atoms with Gasteiger partial charge in [0.1, 0.15) is 0 Å². The van der Waals surface area contributed by atoms with Crippen LogP contribution >= 0.6 is 0 Å². The number of nitrogens with two attached hydrogens (primary N) is 1. The lowest BCUT2D eigenvalue weighted by Gasteiger charge is -2.10. The van der Waals surface area contributed by atoms with Gasteiger partial charge in [0.15, 0.2) is 0 Å². The van der Waals surface area contributed by atoms with E-state index < -0.39 is 0 Å². The second-order valence-corrected chi connectivity index (χ2v) is 4.93. The van der Waals surface area contributed by atoms with Crippen LogP contribution in [0.2, 0.25) is 0 Å². The van der Waals surface area contributed by atoms with Crippen LogP contribution < -0.4 is 5.73 Å². The maximum Gasteiger partial charge on any atom is 0.219 e. The van der Waals surface area contributed by atoms with Crippen LogP contribution in [0.5, 0.6) is 0 Å². The van der Waals surface area contributed by atoms with E-state index in [1.54, 1.807) is 12.4 Å². The summed E-state index contributed by atoms with van der Waals surface area (Å²) in [5, 5.41) is 0. The van der Waals surface area contributed by atoms with Gasteiger partial charge in [0.05, 0.1) is 5.69 Å². The van der Waals surface area contributed by atoms with E-state index in [2.05, 4.69) is 27.9 Å². The molecule has 2 heterocycles. The Morgan fingerprint density at radius 1 is 1.11 bits per heavy atom. The van der Waals surface area contributed by atoms with Gasteiger partial charge in [-0.1, -0.05) is 13.0 Å². The lowest BCUT2D eigenvalue weighted by Crippen LogP contribution is -1.98. The first-order valence-corrected chi connectivity index (χ1v) is 6.28. The molecule has 0 saturated heterocycles. The highest BCUT2D eigenvalue weighted by Gasteiger charge is 2.28. The predicted molar refractivity (Wildman–Crippen MR) is 70.8 cm³/mol. The zero-order valence-corrected chi connectivity index (χ0v) is 10.4. The van der Waals surface area contributed by atoms with Gasteiger partial charge in [-0.05, 0) is 36.3 Å². The molecule has 0 amide bonds. The lowest BCUT2D eigenvalue weighted by atomic mass is 9.97. The smallest absolute Gasteiger partial charge is 0.219 e. The van der Waals surface area contributed by atoms with Crippen molar-refractivity contribution in [2.24, 2.45) is 5.92 Å². The van der Waals surface area contributed by atoms with Gasteiger partial charge >= 0.3 is 0 Å². The number of nitrogens with zero attached hydrogens (tertiary/aromatic N) is 3. The molecule has 4 nitrogen and oxygen atoms in total. The molecular weight excluding hydrogens is 224 g/mol. The molecule has 0 unspecified atom stereocenters. The Labute approximate surface area is 106 Å². The van der Waals surface area contributed by atoms with Gasteiger partial charge in [0.2, 0.25) is 5.95 Å². The molecule has 0 spiro atoms. The number of hydrogen-bond donors (Lipinski definition) is 1. The van der Waals surface area contributed by atoms with Gasteiger partial charge in [0, 0.05) is 24.2 Å². The van der Waals surface area contributed by atoms with Crippen molar-refractivity contribution < 1.29 is 0 Å². The van der Waals surface area contributed by atoms with Gasteiger partial charge < -0.3 is 5.73 Å². The number of pyridine rings is 1. The molecule has 1 aliphatic rings. The van der Waals surface area contributed by atoms with Crippen LogP contribution in [0.25, 0.3) is 11.3 Å². The molecule has 3 rings (SSSR count). The first kappa shape index (κ1) is 11.1. The van der Waals surface area contributed by atoms with Crippen LogP contribution in [0.15, 0.2) is 30.7 Å². The van der Waals surface area contributed by atoms with Gasteiger partial charge in [-0.3, -0.25) is 4.98 Å². The van der Waals surface area contributed by atoms with E-state index in [0.717, 1.165) is 17.2 Å². The second kappa shape index (κ2) is 4.37. The molecule has 1 fully saturated rings. The lowest BCUT2D eigenvalue weighted by molar-refractivity contribution is 0.661. The Hall–Kier alpha value is -1.97. The van der Waals surface area contributed by atoms with Crippen molar-refractivity contribution in [3.05, 3.63) is 36.3 Å². The third-order valence-electron chi connectivity index (χ3n) is 3.61. The van der Waals surface area contributed by atoms with Crippen LogP contribution in [-0.4, -0.2) is 15.0 Å². The number of anilines is 1. The molecule has 2 N–H and O–H groups in total. The Morgan fingerprint density at radius 2 is 1.83 bits per heavy atom. The molecule has 0 radical (unpaired) electrons. The highest BCUT2D eigenvalue weighted by atomic mass is 15.0. The third kappa shape index (κ3) is 2.18. The summed E-state index contributed by atoms with van der Waals surface area (Å²) in [6.45, 7) is 2.28. The van der Waals surface area contributed by atoms with Crippen molar-refractivity contribution >= 4 is 5.95 Å². The van der Waals surface area contributed by atoms with E-state index in [-0.39, 0.29) is 5.95 Å². The Balaban J connectivity index is 1.83. The molecule has 0 bridgehead atoms. The van der Waals surface area contributed by atoms with Crippen LogP contribution in [0.4, 0.5) is 5.95 Å². The number of hydrogen-bond acceptors (Lipinski definition) is 4. The molecule has 92 valence electrons. The summed E-state index contributed by atoms with van der Waals surface area (Å²) in [6, 6.07) is 4.19. The quantitative estimate of drug-likeness (QED) is 0.895. The van der Waals surface area contributed by atoms with Crippen molar-refractivity contribution in [3.63, 3.8) is 0 Å². The maximum absolute atomic E-state index is 5.47. The second-order valence-electron chi connectivity index (χ2n) is 4.93. The van der Waals surface area contributed by atoms with Crippen LogP contribution in [0, 0.1) is 5.92 Å². The average Bonchev–Trinajstić information content (AvgIpc) is 3.23. The van der Waals surface area contributed by atoms with Gasteiger partial charge in [-0.2, -0.15) is 0 Å². The Bertz CT molecular complexity index is 529. The molecule has 1 aliphatic carbocycles.